The average molecular weight is 711 g/mol. The summed E-state index contributed by atoms with van der Waals surface area (Å²) >= 11 is 0. The van der Waals surface area contributed by atoms with Gasteiger partial charge in [-0.2, -0.15) is 0 Å². The molecule has 0 amide bonds. The van der Waals surface area contributed by atoms with Crippen molar-refractivity contribution in [1.29, 1.82) is 0 Å². The van der Waals surface area contributed by atoms with Crippen LogP contribution in [-0.4, -0.2) is 4.57 Å². The molecule has 0 aliphatic heterocycles. The number of nitrogens with zero attached hydrogens (tertiary/aromatic N) is 2. The van der Waals surface area contributed by atoms with Crippen molar-refractivity contribution in [3.05, 3.63) is 206 Å². The van der Waals surface area contributed by atoms with E-state index in [1.54, 1.807) is 0 Å². The van der Waals surface area contributed by atoms with E-state index in [4.69, 9.17) is 0 Å². The van der Waals surface area contributed by atoms with Crippen LogP contribution in [0.25, 0.3) is 93.2 Å². The molecule has 1 aromatic heterocycles. The number of hydrogen-bond acceptors (Lipinski definition) is 1. The zero-order valence-electron chi connectivity index (χ0n) is 30.5. The predicted octanol–water partition coefficient (Wildman–Crippen LogP) is 15.0. The van der Waals surface area contributed by atoms with Gasteiger partial charge in [0.2, 0.25) is 0 Å². The zero-order valence-corrected chi connectivity index (χ0v) is 30.5. The van der Waals surface area contributed by atoms with Gasteiger partial charge in [-0.3, -0.25) is 0 Å². The molecule has 2 heteroatoms. The van der Waals surface area contributed by atoms with E-state index in [-0.39, 0.29) is 0 Å². The molecule has 0 atom stereocenters. The minimum absolute atomic E-state index is 1.10. The molecule has 0 fully saturated rings. The van der Waals surface area contributed by atoms with Crippen LogP contribution in [0.1, 0.15) is 0 Å². The van der Waals surface area contributed by atoms with E-state index in [0.717, 1.165) is 22.7 Å². The fourth-order valence-electron chi connectivity index (χ4n) is 9.36. The third kappa shape index (κ3) is 4.63. The molecule has 12 rings (SSSR count). The van der Waals surface area contributed by atoms with E-state index in [9.17, 15) is 0 Å². The van der Waals surface area contributed by atoms with Crippen LogP contribution in [0.3, 0.4) is 0 Å². The summed E-state index contributed by atoms with van der Waals surface area (Å²) in [5.74, 6) is 0. The van der Waals surface area contributed by atoms with Crippen LogP contribution in [0.15, 0.2) is 206 Å². The molecule has 0 spiro atoms. The maximum atomic E-state index is 2.45. The molecule has 0 bridgehead atoms. The zero-order chi connectivity index (χ0) is 36.7. The fraction of sp³-hybridized carbons (Fsp3) is 0. The lowest BCUT2D eigenvalue weighted by Gasteiger charge is -2.27. The first-order valence-electron chi connectivity index (χ1n) is 19.3. The first kappa shape index (κ1) is 31.0. The third-order valence-electron chi connectivity index (χ3n) is 11.8. The Hall–Kier alpha value is -7.42. The monoisotopic (exact) mass is 710 g/mol. The van der Waals surface area contributed by atoms with Gasteiger partial charge in [-0.05, 0) is 126 Å². The summed E-state index contributed by atoms with van der Waals surface area (Å²) in [5.41, 5.74) is 14.4. The largest absolute Gasteiger partial charge is 0.310 e. The molecule has 10 aromatic carbocycles. The van der Waals surface area contributed by atoms with Crippen molar-refractivity contribution in [2.24, 2.45) is 0 Å². The summed E-state index contributed by atoms with van der Waals surface area (Å²) in [4.78, 5) is 2.45. The summed E-state index contributed by atoms with van der Waals surface area (Å²) in [5, 5.41) is 10.1. The van der Waals surface area contributed by atoms with E-state index < -0.39 is 0 Å². The summed E-state index contributed by atoms with van der Waals surface area (Å²) in [7, 11) is 0. The average Bonchev–Trinajstić information content (AvgIpc) is 3.77. The smallest absolute Gasteiger partial charge is 0.0541 e. The molecular formula is C54H34N2. The summed E-state index contributed by atoms with van der Waals surface area (Å²) in [6.07, 6.45) is 0. The van der Waals surface area contributed by atoms with Gasteiger partial charge in [0.25, 0.3) is 0 Å². The van der Waals surface area contributed by atoms with Crippen LogP contribution >= 0.6 is 0 Å². The summed E-state index contributed by atoms with van der Waals surface area (Å²) in [6, 6.07) is 75.9. The van der Waals surface area contributed by atoms with Gasteiger partial charge >= 0.3 is 0 Å². The van der Waals surface area contributed by atoms with Crippen molar-refractivity contribution < 1.29 is 0 Å². The molecule has 1 aliphatic rings. The number of anilines is 3. The highest BCUT2D eigenvalue weighted by Gasteiger charge is 2.24. The van der Waals surface area contributed by atoms with Crippen molar-refractivity contribution in [3.63, 3.8) is 0 Å². The third-order valence-corrected chi connectivity index (χ3v) is 11.8. The Balaban J connectivity index is 1.08. The summed E-state index contributed by atoms with van der Waals surface area (Å²) in [6.45, 7) is 0. The lowest BCUT2D eigenvalue weighted by molar-refractivity contribution is 1.17. The van der Waals surface area contributed by atoms with E-state index in [2.05, 4.69) is 216 Å². The molecule has 11 aromatic rings. The van der Waals surface area contributed by atoms with Crippen molar-refractivity contribution in [2.45, 2.75) is 0 Å². The Bertz CT molecular complexity index is 3330. The second kappa shape index (κ2) is 12.0. The number of rotatable bonds is 5. The Labute approximate surface area is 324 Å². The molecule has 56 heavy (non-hydrogen) atoms. The molecule has 0 N–H and O–H groups in total. The molecule has 2 nitrogen and oxygen atoms in total. The van der Waals surface area contributed by atoms with E-state index in [1.165, 1.54) is 87.5 Å². The minimum Gasteiger partial charge on any atom is -0.310 e. The van der Waals surface area contributed by atoms with E-state index in [0.29, 0.717) is 0 Å². The maximum Gasteiger partial charge on any atom is 0.0541 e. The Kier molecular flexibility index (Phi) is 6.66. The van der Waals surface area contributed by atoms with Gasteiger partial charge in [0.15, 0.2) is 0 Å². The van der Waals surface area contributed by atoms with Gasteiger partial charge in [-0.15, -0.1) is 0 Å². The topological polar surface area (TPSA) is 8.17 Å². The molecule has 1 aliphatic carbocycles. The molecule has 0 unspecified atom stereocenters. The van der Waals surface area contributed by atoms with Crippen LogP contribution < -0.4 is 4.90 Å². The van der Waals surface area contributed by atoms with Gasteiger partial charge in [0, 0.05) is 33.5 Å². The number of fused-ring (bicyclic) bond motifs is 9. The first-order valence-corrected chi connectivity index (χ1v) is 19.3. The molecule has 1 heterocycles. The standard InChI is InChI=1S/C54H34N2/c1-2-18-44-35(12-1)26-27-36-28-29-38(32-50(36)44)37-13-9-15-40(30-37)55(43-31-39-14-10-23-49-45-19-3-4-20-46(45)51(34-43)54(39)49)41-16-11-17-42(33-41)56-52-24-7-5-21-47(52)48-22-6-8-25-53(48)56/h1-34H. The van der Waals surface area contributed by atoms with Gasteiger partial charge in [-0.1, -0.05) is 146 Å². The summed E-state index contributed by atoms with van der Waals surface area (Å²) < 4.78 is 2.41. The van der Waals surface area contributed by atoms with Gasteiger partial charge in [0.05, 0.1) is 11.0 Å². The van der Waals surface area contributed by atoms with Gasteiger partial charge in [0.1, 0.15) is 0 Å². The second-order valence-electron chi connectivity index (χ2n) is 14.9. The second-order valence-corrected chi connectivity index (χ2v) is 14.9. The van der Waals surface area contributed by atoms with Gasteiger partial charge < -0.3 is 9.47 Å². The molecule has 0 radical (unpaired) electrons. The molecule has 0 saturated carbocycles. The highest BCUT2D eigenvalue weighted by molar-refractivity contribution is 6.17. The van der Waals surface area contributed by atoms with Crippen LogP contribution in [-0.2, 0) is 0 Å². The minimum atomic E-state index is 1.10. The van der Waals surface area contributed by atoms with Crippen molar-refractivity contribution in [3.8, 4) is 39.1 Å². The number of benzene rings is 10. The van der Waals surface area contributed by atoms with Crippen LogP contribution in [0.5, 0.6) is 0 Å². The Morgan fingerprint density at radius 1 is 0.304 bits per heavy atom. The maximum absolute atomic E-state index is 2.45. The van der Waals surface area contributed by atoms with Crippen LogP contribution in [0.4, 0.5) is 17.1 Å². The fourth-order valence-corrected chi connectivity index (χ4v) is 9.36. The van der Waals surface area contributed by atoms with Gasteiger partial charge in [-0.25, -0.2) is 0 Å². The number of para-hydroxylation sites is 2. The predicted molar refractivity (Wildman–Crippen MR) is 238 cm³/mol. The highest BCUT2D eigenvalue weighted by Crippen LogP contribution is 2.50. The molecular weight excluding hydrogens is 677 g/mol. The van der Waals surface area contributed by atoms with Crippen LogP contribution in [0.2, 0.25) is 0 Å². The Morgan fingerprint density at radius 3 is 1.68 bits per heavy atom. The normalized spacial score (nSPS) is 11.9. The Morgan fingerprint density at radius 2 is 0.875 bits per heavy atom. The highest BCUT2D eigenvalue weighted by atomic mass is 15.1. The lowest BCUT2D eigenvalue weighted by atomic mass is 9.96. The quantitative estimate of drug-likeness (QED) is 0.161. The van der Waals surface area contributed by atoms with Crippen molar-refractivity contribution in [1.82, 2.24) is 4.57 Å². The van der Waals surface area contributed by atoms with Crippen molar-refractivity contribution >= 4 is 71.2 Å². The first-order chi connectivity index (χ1) is 27.8. The molecule has 260 valence electrons. The number of hydrogen-bond donors (Lipinski definition) is 0. The number of aromatic nitrogens is 1. The van der Waals surface area contributed by atoms with E-state index in [1.807, 2.05) is 0 Å². The van der Waals surface area contributed by atoms with E-state index >= 15 is 0 Å². The lowest BCUT2D eigenvalue weighted by Crippen LogP contribution is -2.11. The molecule has 0 saturated heterocycles. The van der Waals surface area contributed by atoms with Crippen LogP contribution in [0, 0.1) is 0 Å². The SMILES string of the molecule is c1cc(-c2ccc3ccc4ccccc4c3c2)cc(N(c2cccc(-n3c4ccccc4c4ccccc43)c2)c2cc3c4c(cccc4c2)-c2ccccc2-3)c1. The van der Waals surface area contributed by atoms with Crippen molar-refractivity contribution in [2.75, 3.05) is 4.90 Å².